The number of aromatic nitrogens is 2. The predicted octanol–water partition coefficient (Wildman–Crippen LogP) is 2.48. The Morgan fingerprint density at radius 2 is 2.37 bits per heavy atom. The van der Waals surface area contributed by atoms with Crippen LogP contribution in [-0.2, 0) is 6.54 Å². The fraction of sp³-hybridized carbons (Fsp3) is 0.500. The van der Waals surface area contributed by atoms with Crippen LogP contribution in [0.4, 0.5) is 0 Å². The maximum atomic E-state index is 5.97. The number of piperidine rings is 1. The van der Waals surface area contributed by atoms with E-state index in [0.29, 0.717) is 18.3 Å². The molecular formula is C12H15BrN4OS. The lowest BCUT2D eigenvalue weighted by molar-refractivity contribution is 0.185. The third-order valence-electron chi connectivity index (χ3n) is 3.15. The molecule has 0 aliphatic carbocycles. The smallest absolute Gasteiger partial charge is 0.257 e. The minimum Gasteiger partial charge on any atom is -0.419 e. The lowest BCUT2D eigenvalue weighted by Crippen LogP contribution is -2.42. The van der Waals surface area contributed by atoms with Crippen LogP contribution in [0.15, 0.2) is 20.3 Å². The van der Waals surface area contributed by atoms with Crippen LogP contribution < -0.4 is 5.73 Å². The van der Waals surface area contributed by atoms with Crippen molar-refractivity contribution in [3.8, 4) is 10.8 Å². The van der Waals surface area contributed by atoms with E-state index in [9.17, 15) is 0 Å². The zero-order valence-electron chi connectivity index (χ0n) is 10.4. The van der Waals surface area contributed by atoms with Gasteiger partial charge in [-0.3, -0.25) is 4.90 Å². The van der Waals surface area contributed by atoms with Crippen molar-refractivity contribution in [1.82, 2.24) is 15.1 Å². The molecule has 0 aromatic carbocycles. The third kappa shape index (κ3) is 3.22. The molecule has 3 heterocycles. The van der Waals surface area contributed by atoms with Crippen LogP contribution in [0.3, 0.4) is 0 Å². The van der Waals surface area contributed by atoms with Crippen LogP contribution in [0.5, 0.6) is 0 Å². The van der Waals surface area contributed by atoms with Gasteiger partial charge in [-0.1, -0.05) is 0 Å². The molecular weight excluding hydrogens is 328 g/mol. The molecule has 2 aromatic rings. The van der Waals surface area contributed by atoms with Gasteiger partial charge < -0.3 is 10.2 Å². The summed E-state index contributed by atoms with van der Waals surface area (Å²) in [5.74, 6) is 1.25. The van der Waals surface area contributed by atoms with Crippen LogP contribution in [0.1, 0.15) is 18.7 Å². The van der Waals surface area contributed by atoms with Gasteiger partial charge >= 0.3 is 0 Å². The minimum absolute atomic E-state index is 0.268. The Morgan fingerprint density at radius 1 is 1.47 bits per heavy atom. The molecule has 1 saturated heterocycles. The molecule has 1 fully saturated rings. The topological polar surface area (TPSA) is 68.2 Å². The van der Waals surface area contributed by atoms with Crippen molar-refractivity contribution in [2.45, 2.75) is 25.4 Å². The molecule has 5 nitrogen and oxygen atoms in total. The number of hydrogen-bond donors (Lipinski definition) is 1. The first-order valence-electron chi connectivity index (χ1n) is 6.27. The Bertz CT molecular complexity index is 555. The first-order chi connectivity index (χ1) is 9.20. The summed E-state index contributed by atoms with van der Waals surface area (Å²) in [5, 5.41) is 8.21. The highest BCUT2D eigenvalue weighted by Crippen LogP contribution is 2.30. The Hall–Kier alpha value is -0.760. The summed E-state index contributed by atoms with van der Waals surface area (Å²) in [7, 11) is 0. The van der Waals surface area contributed by atoms with Crippen molar-refractivity contribution in [1.29, 1.82) is 0 Å². The average Bonchev–Trinajstić information content (AvgIpc) is 2.98. The Morgan fingerprint density at radius 3 is 3.11 bits per heavy atom. The van der Waals surface area contributed by atoms with E-state index in [-0.39, 0.29) is 6.04 Å². The van der Waals surface area contributed by atoms with E-state index in [1.54, 1.807) is 11.3 Å². The standard InChI is InChI=1S/C12H15BrN4OS/c13-10-4-3-9(19-10)12-16-15-11(18-12)7-17-5-1-2-8(14)6-17/h3-4,8H,1-2,5-7,14H2/t8-/m1/s1. The minimum atomic E-state index is 0.268. The van der Waals surface area contributed by atoms with Gasteiger partial charge in [0.05, 0.1) is 15.2 Å². The van der Waals surface area contributed by atoms with Gasteiger partial charge in [-0.25, -0.2) is 0 Å². The lowest BCUT2D eigenvalue weighted by atomic mass is 10.1. The molecule has 0 radical (unpaired) electrons. The maximum absolute atomic E-state index is 5.97. The monoisotopic (exact) mass is 342 g/mol. The van der Waals surface area contributed by atoms with Gasteiger partial charge in [0.15, 0.2) is 0 Å². The predicted molar refractivity (Wildman–Crippen MR) is 77.8 cm³/mol. The molecule has 0 bridgehead atoms. The van der Waals surface area contributed by atoms with Crippen molar-refractivity contribution in [2.24, 2.45) is 5.73 Å². The molecule has 2 aromatic heterocycles. The molecule has 3 rings (SSSR count). The summed E-state index contributed by atoms with van der Waals surface area (Å²) in [6.07, 6.45) is 2.24. The largest absolute Gasteiger partial charge is 0.419 e. The molecule has 102 valence electrons. The molecule has 7 heteroatoms. The van der Waals surface area contributed by atoms with E-state index in [2.05, 4.69) is 31.0 Å². The highest BCUT2D eigenvalue weighted by molar-refractivity contribution is 9.11. The lowest BCUT2D eigenvalue weighted by Gasteiger charge is -2.29. The number of thiophene rings is 1. The fourth-order valence-corrected chi connectivity index (χ4v) is 3.58. The van der Waals surface area contributed by atoms with Crippen molar-refractivity contribution >= 4 is 27.3 Å². The molecule has 0 amide bonds. The molecule has 19 heavy (non-hydrogen) atoms. The van der Waals surface area contributed by atoms with Gasteiger partial charge in [0.25, 0.3) is 5.89 Å². The maximum Gasteiger partial charge on any atom is 0.257 e. The molecule has 1 atom stereocenters. The van der Waals surface area contributed by atoms with E-state index in [1.807, 2.05) is 12.1 Å². The number of nitrogens with zero attached hydrogens (tertiary/aromatic N) is 3. The first-order valence-corrected chi connectivity index (χ1v) is 7.87. The van der Waals surface area contributed by atoms with Gasteiger partial charge in [0.2, 0.25) is 5.89 Å². The van der Waals surface area contributed by atoms with E-state index < -0.39 is 0 Å². The fourth-order valence-electron chi connectivity index (χ4n) is 2.27. The van der Waals surface area contributed by atoms with E-state index >= 15 is 0 Å². The molecule has 1 aliphatic heterocycles. The number of nitrogens with two attached hydrogens (primary N) is 1. The van der Waals surface area contributed by atoms with Gasteiger partial charge in [-0.2, -0.15) is 0 Å². The molecule has 0 saturated carbocycles. The van der Waals surface area contributed by atoms with Crippen molar-refractivity contribution in [2.75, 3.05) is 13.1 Å². The van der Waals surface area contributed by atoms with Crippen molar-refractivity contribution in [3.05, 3.63) is 21.8 Å². The van der Waals surface area contributed by atoms with Crippen LogP contribution in [0, 0.1) is 0 Å². The molecule has 0 unspecified atom stereocenters. The van der Waals surface area contributed by atoms with E-state index in [0.717, 1.165) is 34.6 Å². The number of hydrogen-bond acceptors (Lipinski definition) is 6. The van der Waals surface area contributed by atoms with Gasteiger partial charge in [-0.05, 0) is 47.4 Å². The summed E-state index contributed by atoms with van der Waals surface area (Å²) >= 11 is 5.02. The van der Waals surface area contributed by atoms with Crippen LogP contribution in [0.25, 0.3) is 10.8 Å². The second-order valence-electron chi connectivity index (χ2n) is 4.74. The van der Waals surface area contributed by atoms with Gasteiger partial charge in [0, 0.05) is 12.6 Å². The van der Waals surface area contributed by atoms with E-state index in [4.69, 9.17) is 10.2 Å². The normalized spacial score (nSPS) is 20.8. The Balaban J connectivity index is 1.68. The van der Waals surface area contributed by atoms with Crippen LogP contribution in [-0.4, -0.2) is 34.2 Å². The SMILES string of the molecule is N[C@@H]1CCCN(Cc2nnc(-c3ccc(Br)s3)o2)C1. The van der Waals surface area contributed by atoms with Crippen LogP contribution >= 0.6 is 27.3 Å². The quantitative estimate of drug-likeness (QED) is 0.927. The summed E-state index contributed by atoms with van der Waals surface area (Å²) in [6.45, 7) is 2.64. The summed E-state index contributed by atoms with van der Waals surface area (Å²) in [4.78, 5) is 3.26. The zero-order valence-corrected chi connectivity index (χ0v) is 12.8. The van der Waals surface area contributed by atoms with Crippen LogP contribution in [0.2, 0.25) is 0 Å². The average molecular weight is 343 g/mol. The molecule has 1 aliphatic rings. The first kappa shape index (κ1) is 13.2. The second kappa shape index (κ2) is 5.70. The van der Waals surface area contributed by atoms with Gasteiger partial charge in [0.1, 0.15) is 0 Å². The number of likely N-dealkylation sites (tertiary alicyclic amines) is 1. The van der Waals surface area contributed by atoms with Gasteiger partial charge in [-0.15, -0.1) is 21.5 Å². The van der Waals surface area contributed by atoms with Crippen molar-refractivity contribution < 1.29 is 4.42 Å². The zero-order chi connectivity index (χ0) is 13.2. The summed E-state index contributed by atoms with van der Waals surface area (Å²) in [5.41, 5.74) is 5.97. The third-order valence-corrected chi connectivity index (χ3v) is 4.76. The highest BCUT2D eigenvalue weighted by Gasteiger charge is 2.19. The summed E-state index contributed by atoms with van der Waals surface area (Å²) < 4.78 is 6.77. The Labute approximate surface area is 123 Å². The molecule has 0 spiro atoms. The highest BCUT2D eigenvalue weighted by atomic mass is 79.9. The number of rotatable bonds is 3. The summed E-state index contributed by atoms with van der Waals surface area (Å²) in [6, 6.07) is 4.22. The second-order valence-corrected chi connectivity index (χ2v) is 7.21. The van der Waals surface area contributed by atoms with E-state index in [1.165, 1.54) is 0 Å². The Kier molecular flexibility index (Phi) is 3.97. The molecule has 2 N–H and O–H groups in total. The van der Waals surface area contributed by atoms with Crippen molar-refractivity contribution in [3.63, 3.8) is 0 Å². The number of halogens is 1.